The number of alkyl halides is 1. The molecule has 1 aromatic carbocycles. The number of rotatable bonds is 3. The van der Waals surface area contributed by atoms with E-state index in [0.717, 1.165) is 28.4 Å². The summed E-state index contributed by atoms with van der Waals surface area (Å²) in [6, 6.07) is 6.31. The van der Waals surface area contributed by atoms with Crippen LogP contribution >= 0.6 is 47.8 Å². The van der Waals surface area contributed by atoms with Gasteiger partial charge >= 0.3 is 0 Å². The molecule has 0 saturated carbocycles. The summed E-state index contributed by atoms with van der Waals surface area (Å²) in [5.41, 5.74) is 1.30. The average Bonchev–Trinajstić information content (AvgIpc) is 2.79. The molecule has 1 aliphatic rings. The highest BCUT2D eigenvalue weighted by atomic mass is 79.9. The molecule has 0 bridgehead atoms. The Morgan fingerprint density at radius 2 is 2.18 bits per heavy atom. The van der Waals surface area contributed by atoms with Crippen molar-refractivity contribution in [3.63, 3.8) is 0 Å². The summed E-state index contributed by atoms with van der Waals surface area (Å²) >= 11 is 11.0. The van der Waals surface area contributed by atoms with Gasteiger partial charge in [0.15, 0.2) is 0 Å². The topological polar surface area (TPSA) is 9.23 Å². The van der Waals surface area contributed by atoms with Crippen LogP contribution in [0.15, 0.2) is 27.1 Å². The van der Waals surface area contributed by atoms with E-state index in [1.807, 2.05) is 0 Å². The van der Waals surface area contributed by atoms with Crippen LogP contribution in [0.4, 0.5) is 0 Å². The number of hydrogen-bond acceptors (Lipinski definition) is 1. The third-order valence-electron chi connectivity index (χ3n) is 3.29. The SMILES string of the molecule is CCC1OCCC1C(Br)c1cc(Br)ccc1Br. The van der Waals surface area contributed by atoms with Crippen molar-refractivity contribution in [3.8, 4) is 0 Å². The van der Waals surface area contributed by atoms with Gasteiger partial charge in [-0.05, 0) is 36.6 Å². The van der Waals surface area contributed by atoms with Gasteiger partial charge in [0.05, 0.1) is 6.10 Å². The molecule has 3 atom stereocenters. The molecule has 17 heavy (non-hydrogen) atoms. The standard InChI is InChI=1S/C13H15Br3O/c1-2-12-9(5-6-17-12)13(16)10-7-8(14)3-4-11(10)15/h3-4,7,9,12-13H,2,5-6H2,1H3. The first-order valence-electron chi connectivity index (χ1n) is 5.84. The molecule has 1 heterocycles. The monoisotopic (exact) mass is 424 g/mol. The molecule has 1 aliphatic heterocycles. The molecule has 0 amide bonds. The van der Waals surface area contributed by atoms with Crippen molar-refractivity contribution >= 4 is 47.8 Å². The smallest absolute Gasteiger partial charge is 0.0615 e. The van der Waals surface area contributed by atoms with Crippen molar-refractivity contribution in [1.82, 2.24) is 0 Å². The summed E-state index contributed by atoms with van der Waals surface area (Å²) in [6.45, 7) is 3.08. The second kappa shape index (κ2) is 6.18. The van der Waals surface area contributed by atoms with Crippen LogP contribution in [0.3, 0.4) is 0 Å². The van der Waals surface area contributed by atoms with Gasteiger partial charge in [-0.25, -0.2) is 0 Å². The molecular weight excluding hydrogens is 412 g/mol. The van der Waals surface area contributed by atoms with Crippen LogP contribution in [0, 0.1) is 5.92 Å². The molecule has 0 spiro atoms. The lowest BCUT2D eigenvalue weighted by Gasteiger charge is -2.23. The van der Waals surface area contributed by atoms with Crippen molar-refractivity contribution in [1.29, 1.82) is 0 Å². The summed E-state index contributed by atoms with van der Waals surface area (Å²) < 4.78 is 8.04. The first-order valence-corrected chi connectivity index (χ1v) is 8.34. The lowest BCUT2D eigenvalue weighted by Crippen LogP contribution is -2.19. The maximum Gasteiger partial charge on any atom is 0.0615 e. The minimum absolute atomic E-state index is 0.349. The summed E-state index contributed by atoms with van der Waals surface area (Å²) in [6.07, 6.45) is 2.59. The number of halogens is 3. The van der Waals surface area contributed by atoms with Gasteiger partial charge < -0.3 is 4.74 Å². The van der Waals surface area contributed by atoms with Crippen molar-refractivity contribution in [3.05, 3.63) is 32.7 Å². The Hall–Kier alpha value is 0.620. The van der Waals surface area contributed by atoms with E-state index in [2.05, 4.69) is 72.9 Å². The third-order valence-corrected chi connectivity index (χ3v) is 5.68. The predicted molar refractivity (Wildman–Crippen MR) is 81.6 cm³/mol. The summed E-state index contributed by atoms with van der Waals surface area (Å²) in [5.74, 6) is 0.561. The molecule has 1 fully saturated rings. The quantitative estimate of drug-likeness (QED) is 0.583. The van der Waals surface area contributed by atoms with Crippen LogP contribution in [-0.2, 0) is 4.74 Å². The van der Waals surface area contributed by atoms with Crippen molar-refractivity contribution < 1.29 is 4.74 Å². The highest BCUT2D eigenvalue weighted by Crippen LogP contribution is 2.43. The fourth-order valence-electron chi connectivity index (χ4n) is 2.38. The molecule has 0 radical (unpaired) electrons. The zero-order valence-corrected chi connectivity index (χ0v) is 14.4. The van der Waals surface area contributed by atoms with Gasteiger partial charge in [0.2, 0.25) is 0 Å². The Labute approximate surface area is 128 Å². The van der Waals surface area contributed by atoms with E-state index >= 15 is 0 Å². The summed E-state index contributed by atoms with van der Waals surface area (Å²) in [5, 5.41) is 0. The van der Waals surface area contributed by atoms with Crippen LogP contribution in [-0.4, -0.2) is 12.7 Å². The Balaban J connectivity index is 2.24. The Morgan fingerprint density at radius 3 is 2.88 bits per heavy atom. The van der Waals surface area contributed by atoms with E-state index < -0.39 is 0 Å². The summed E-state index contributed by atoms with van der Waals surface area (Å²) in [4.78, 5) is 0.349. The minimum Gasteiger partial charge on any atom is -0.378 e. The predicted octanol–water partition coefficient (Wildman–Crippen LogP) is 5.46. The molecule has 3 unspecified atom stereocenters. The average molecular weight is 427 g/mol. The molecular formula is C13H15Br3O. The highest BCUT2D eigenvalue weighted by molar-refractivity contribution is 9.11. The zero-order chi connectivity index (χ0) is 12.4. The van der Waals surface area contributed by atoms with Gasteiger partial charge in [-0.15, -0.1) is 0 Å². The normalized spacial score (nSPS) is 26.1. The third kappa shape index (κ3) is 3.14. The maximum absolute atomic E-state index is 5.77. The highest BCUT2D eigenvalue weighted by Gasteiger charge is 2.33. The largest absolute Gasteiger partial charge is 0.378 e. The minimum atomic E-state index is 0.349. The van der Waals surface area contributed by atoms with E-state index in [9.17, 15) is 0 Å². The Kier molecular flexibility index (Phi) is 5.10. The van der Waals surface area contributed by atoms with Crippen LogP contribution < -0.4 is 0 Å². The Morgan fingerprint density at radius 1 is 1.41 bits per heavy atom. The fourth-order valence-corrected chi connectivity index (χ4v) is 4.54. The van der Waals surface area contributed by atoms with E-state index in [1.54, 1.807) is 0 Å². The van der Waals surface area contributed by atoms with Crippen molar-refractivity contribution in [2.24, 2.45) is 5.92 Å². The van der Waals surface area contributed by atoms with Crippen LogP contribution in [0.1, 0.15) is 30.2 Å². The number of hydrogen-bond donors (Lipinski definition) is 0. The van der Waals surface area contributed by atoms with Crippen molar-refractivity contribution in [2.45, 2.75) is 30.7 Å². The number of benzene rings is 1. The second-order valence-corrected chi connectivity index (χ2v) is 7.09. The zero-order valence-electron chi connectivity index (χ0n) is 9.63. The molecule has 1 nitrogen and oxygen atoms in total. The van der Waals surface area contributed by atoms with E-state index in [1.165, 1.54) is 5.56 Å². The van der Waals surface area contributed by atoms with E-state index in [4.69, 9.17) is 4.74 Å². The van der Waals surface area contributed by atoms with Gasteiger partial charge in [0, 0.05) is 26.3 Å². The first-order chi connectivity index (χ1) is 8.13. The molecule has 1 aromatic rings. The van der Waals surface area contributed by atoms with Gasteiger partial charge in [0.25, 0.3) is 0 Å². The number of ether oxygens (including phenoxy) is 1. The molecule has 2 rings (SSSR count). The van der Waals surface area contributed by atoms with Crippen LogP contribution in [0.2, 0.25) is 0 Å². The molecule has 94 valence electrons. The molecule has 0 N–H and O–H groups in total. The van der Waals surface area contributed by atoms with Gasteiger partial charge in [0.1, 0.15) is 0 Å². The van der Waals surface area contributed by atoms with Crippen LogP contribution in [0.25, 0.3) is 0 Å². The van der Waals surface area contributed by atoms with Gasteiger partial charge in [-0.1, -0.05) is 54.7 Å². The van der Waals surface area contributed by atoms with E-state index in [0.29, 0.717) is 16.8 Å². The Bertz CT molecular complexity index is 394. The van der Waals surface area contributed by atoms with Crippen molar-refractivity contribution in [2.75, 3.05) is 6.61 Å². The van der Waals surface area contributed by atoms with Crippen LogP contribution in [0.5, 0.6) is 0 Å². The van der Waals surface area contributed by atoms with Gasteiger partial charge in [-0.3, -0.25) is 0 Å². The van der Waals surface area contributed by atoms with Gasteiger partial charge in [-0.2, -0.15) is 0 Å². The second-order valence-electron chi connectivity index (χ2n) is 4.34. The first kappa shape index (κ1) is 14.0. The lowest BCUT2D eigenvalue weighted by molar-refractivity contribution is 0.0872. The molecule has 0 aliphatic carbocycles. The molecule has 4 heteroatoms. The molecule has 1 saturated heterocycles. The molecule has 0 aromatic heterocycles. The fraction of sp³-hybridized carbons (Fsp3) is 0.538. The summed E-state index contributed by atoms with van der Waals surface area (Å²) in [7, 11) is 0. The lowest BCUT2D eigenvalue weighted by atomic mass is 9.92. The maximum atomic E-state index is 5.77. The van der Waals surface area contributed by atoms with E-state index in [-0.39, 0.29) is 0 Å².